The molecule has 0 unspecified atom stereocenters. The van der Waals surface area contributed by atoms with Gasteiger partial charge in [-0.15, -0.1) is 0 Å². The van der Waals surface area contributed by atoms with Crippen LogP contribution in [0.5, 0.6) is 0 Å². The molecule has 0 aromatic carbocycles. The molecule has 1 saturated heterocycles. The highest BCUT2D eigenvalue weighted by atomic mass is 16.5. The summed E-state index contributed by atoms with van der Waals surface area (Å²) in [5.74, 6) is 0. The van der Waals surface area contributed by atoms with Crippen molar-refractivity contribution in [2.75, 3.05) is 19.8 Å². The molecule has 0 aliphatic carbocycles. The number of hydrogen-bond acceptors (Lipinski definition) is 4. The van der Waals surface area contributed by atoms with Crippen LogP contribution in [0.2, 0.25) is 0 Å². The third-order valence-corrected chi connectivity index (χ3v) is 3.73. The van der Waals surface area contributed by atoms with E-state index in [1.54, 1.807) is 0 Å². The molecule has 102 valence electrons. The molecule has 0 amide bonds. The lowest BCUT2D eigenvalue weighted by Gasteiger charge is -2.36. The second kappa shape index (κ2) is 5.82. The molecule has 1 aliphatic rings. The predicted octanol–water partition coefficient (Wildman–Crippen LogP) is 0.614. The zero-order chi connectivity index (χ0) is 13.0. The Morgan fingerprint density at radius 1 is 1.50 bits per heavy atom. The Labute approximate surface area is 108 Å². The molecule has 0 atom stereocenters. The smallest absolute Gasteiger partial charge is 0.0666 e. The van der Waals surface area contributed by atoms with Crippen molar-refractivity contribution in [3.05, 3.63) is 17.5 Å². The molecule has 1 aromatic rings. The van der Waals surface area contributed by atoms with Gasteiger partial charge in [-0.05, 0) is 19.3 Å². The maximum Gasteiger partial charge on any atom is 0.0666 e. The second-order valence-corrected chi connectivity index (χ2v) is 5.03. The van der Waals surface area contributed by atoms with E-state index in [1.807, 2.05) is 11.7 Å². The third-order valence-electron chi connectivity index (χ3n) is 3.73. The van der Waals surface area contributed by atoms with Crippen LogP contribution in [0.1, 0.15) is 31.0 Å². The molecule has 18 heavy (non-hydrogen) atoms. The minimum Gasteiger partial charge on any atom is -0.394 e. The van der Waals surface area contributed by atoms with E-state index in [0.29, 0.717) is 0 Å². The van der Waals surface area contributed by atoms with Crippen molar-refractivity contribution in [1.29, 1.82) is 0 Å². The molecule has 0 bridgehead atoms. The van der Waals surface area contributed by atoms with E-state index in [2.05, 4.69) is 23.5 Å². The Balaban J connectivity index is 2.00. The van der Waals surface area contributed by atoms with Gasteiger partial charge in [-0.1, -0.05) is 6.92 Å². The second-order valence-electron chi connectivity index (χ2n) is 5.03. The number of nitrogens with one attached hydrogen (secondary N) is 1. The van der Waals surface area contributed by atoms with Crippen LogP contribution >= 0.6 is 0 Å². The van der Waals surface area contributed by atoms with E-state index in [4.69, 9.17) is 4.74 Å². The van der Waals surface area contributed by atoms with E-state index in [1.165, 1.54) is 5.56 Å². The third kappa shape index (κ3) is 2.91. The Morgan fingerprint density at radius 2 is 2.22 bits per heavy atom. The summed E-state index contributed by atoms with van der Waals surface area (Å²) in [5, 5.41) is 17.5. The van der Waals surface area contributed by atoms with Crippen LogP contribution in [0.4, 0.5) is 0 Å². The van der Waals surface area contributed by atoms with Crippen LogP contribution in [-0.2, 0) is 24.8 Å². The van der Waals surface area contributed by atoms with Gasteiger partial charge in [0.05, 0.1) is 12.3 Å². The number of rotatable bonds is 5. The van der Waals surface area contributed by atoms with Crippen LogP contribution < -0.4 is 5.32 Å². The standard InChI is InChI=1S/C13H23N3O2/c1-3-12-11(9-16(2)15-12)8-14-13(10-17)4-6-18-7-5-13/h9,14,17H,3-8,10H2,1-2H3. The van der Waals surface area contributed by atoms with Crippen molar-refractivity contribution in [1.82, 2.24) is 15.1 Å². The lowest BCUT2D eigenvalue weighted by molar-refractivity contribution is 0.0111. The number of aromatic nitrogens is 2. The van der Waals surface area contributed by atoms with Crippen LogP contribution in [0, 0.1) is 0 Å². The Morgan fingerprint density at radius 3 is 2.83 bits per heavy atom. The van der Waals surface area contributed by atoms with Gasteiger partial charge in [-0.25, -0.2) is 0 Å². The molecule has 1 aliphatic heterocycles. The van der Waals surface area contributed by atoms with Crippen molar-refractivity contribution >= 4 is 0 Å². The van der Waals surface area contributed by atoms with E-state index in [-0.39, 0.29) is 12.1 Å². The van der Waals surface area contributed by atoms with Gasteiger partial charge in [0, 0.05) is 44.1 Å². The summed E-state index contributed by atoms with van der Waals surface area (Å²) in [6.45, 7) is 4.49. The Kier molecular flexibility index (Phi) is 4.37. The number of aliphatic hydroxyl groups is 1. The van der Waals surface area contributed by atoms with Gasteiger partial charge in [-0.3, -0.25) is 4.68 Å². The SMILES string of the molecule is CCc1nn(C)cc1CNC1(CO)CCOCC1. The van der Waals surface area contributed by atoms with Gasteiger partial charge in [0.2, 0.25) is 0 Å². The summed E-state index contributed by atoms with van der Waals surface area (Å²) < 4.78 is 7.21. The van der Waals surface area contributed by atoms with E-state index >= 15 is 0 Å². The van der Waals surface area contributed by atoms with Crippen LogP contribution in [0.25, 0.3) is 0 Å². The highest BCUT2D eigenvalue weighted by Crippen LogP contribution is 2.21. The van der Waals surface area contributed by atoms with Gasteiger partial charge in [0.15, 0.2) is 0 Å². The molecule has 2 N–H and O–H groups in total. The highest BCUT2D eigenvalue weighted by molar-refractivity contribution is 5.17. The average Bonchev–Trinajstić information content (AvgIpc) is 2.78. The van der Waals surface area contributed by atoms with Gasteiger partial charge < -0.3 is 15.2 Å². The maximum atomic E-state index is 9.61. The molecule has 2 heterocycles. The van der Waals surface area contributed by atoms with Crippen molar-refractivity contribution in [2.24, 2.45) is 7.05 Å². The Bertz CT molecular complexity index is 384. The summed E-state index contributed by atoms with van der Waals surface area (Å²) in [4.78, 5) is 0. The van der Waals surface area contributed by atoms with Gasteiger partial charge in [-0.2, -0.15) is 5.10 Å². The van der Waals surface area contributed by atoms with E-state index in [9.17, 15) is 5.11 Å². The minimum atomic E-state index is -0.181. The fourth-order valence-electron chi connectivity index (χ4n) is 2.46. The fourth-order valence-corrected chi connectivity index (χ4v) is 2.46. The number of aliphatic hydroxyl groups excluding tert-OH is 1. The van der Waals surface area contributed by atoms with Crippen molar-refractivity contribution in [2.45, 2.75) is 38.3 Å². The minimum absolute atomic E-state index is 0.165. The van der Waals surface area contributed by atoms with Crippen LogP contribution in [0.15, 0.2) is 6.20 Å². The normalized spacial score (nSPS) is 19.1. The van der Waals surface area contributed by atoms with Crippen molar-refractivity contribution in [3.63, 3.8) is 0 Å². The molecular formula is C13H23N3O2. The zero-order valence-electron chi connectivity index (χ0n) is 11.3. The predicted molar refractivity (Wildman–Crippen MR) is 69.3 cm³/mol. The highest BCUT2D eigenvalue weighted by Gasteiger charge is 2.31. The first kappa shape index (κ1) is 13.5. The summed E-state index contributed by atoms with van der Waals surface area (Å²) in [6.07, 6.45) is 4.72. The lowest BCUT2D eigenvalue weighted by Crippen LogP contribution is -2.51. The summed E-state index contributed by atoms with van der Waals surface area (Å²) in [5.41, 5.74) is 2.17. The summed E-state index contributed by atoms with van der Waals surface area (Å²) in [7, 11) is 1.94. The van der Waals surface area contributed by atoms with Crippen molar-refractivity contribution in [3.8, 4) is 0 Å². The number of aryl methyl sites for hydroxylation is 2. The molecule has 1 fully saturated rings. The van der Waals surface area contributed by atoms with Crippen molar-refractivity contribution < 1.29 is 9.84 Å². The quantitative estimate of drug-likeness (QED) is 0.807. The largest absolute Gasteiger partial charge is 0.394 e. The molecule has 5 heteroatoms. The van der Waals surface area contributed by atoms with Crippen LogP contribution in [-0.4, -0.2) is 40.2 Å². The number of nitrogens with zero attached hydrogens (tertiary/aromatic N) is 2. The number of hydrogen-bond donors (Lipinski definition) is 2. The summed E-state index contributed by atoms with van der Waals surface area (Å²) in [6, 6.07) is 0. The summed E-state index contributed by atoms with van der Waals surface area (Å²) >= 11 is 0. The van der Waals surface area contributed by atoms with Gasteiger partial charge >= 0.3 is 0 Å². The van der Waals surface area contributed by atoms with E-state index in [0.717, 1.165) is 44.7 Å². The Hall–Kier alpha value is -0.910. The molecule has 0 saturated carbocycles. The first-order chi connectivity index (χ1) is 8.69. The van der Waals surface area contributed by atoms with Gasteiger partial charge in [0.1, 0.15) is 0 Å². The fraction of sp³-hybridized carbons (Fsp3) is 0.769. The first-order valence-corrected chi connectivity index (χ1v) is 6.64. The molecule has 5 nitrogen and oxygen atoms in total. The number of ether oxygens (including phenoxy) is 1. The van der Waals surface area contributed by atoms with E-state index < -0.39 is 0 Å². The zero-order valence-corrected chi connectivity index (χ0v) is 11.3. The molecule has 1 aromatic heterocycles. The van der Waals surface area contributed by atoms with Crippen LogP contribution in [0.3, 0.4) is 0 Å². The molecule has 0 radical (unpaired) electrons. The molecular weight excluding hydrogens is 230 g/mol. The lowest BCUT2D eigenvalue weighted by atomic mass is 9.90. The average molecular weight is 253 g/mol. The maximum absolute atomic E-state index is 9.61. The van der Waals surface area contributed by atoms with Gasteiger partial charge in [0.25, 0.3) is 0 Å². The first-order valence-electron chi connectivity index (χ1n) is 6.64. The molecule has 2 rings (SSSR count). The molecule has 0 spiro atoms. The monoisotopic (exact) mass is 253 g/mol. The topological polar surface area (TPSA) is 59.3 Å².